The summed E-state index contributed by atoms with van der Waals surface area (Å²) < 4.78 is 5.18. The third kappa shape index (κ3) is 1.98. The highest BCUT2D eigenvalue weighted by Gasteiger charge is 2.18. The summed E-state index contributed by atoms with van der Waals surface area (Å²) in [5.41, 5.74) is 7.68. The minimum absolute atomic E-state index is 0.125. The van der Waals surface area contributed by atoms with Crippen molar-refractivity contribution < 1.29 is 14.7 Å². The van der Waals surface area contributed by atoms with E-state index in [1.54, 1.807) is 6.07 Å². The lowest BCUT2D eigenvalue weighted by atomic mass is 10.1. The van der Waals surface area contributed by atoms with Gasteiger partial charge in [0.15, 0.2) is 6.61 Å². The first-order valence-electron chi connectivity index (χ1n) is 4.96. The minimum Gasteiger partial charge on any atom is -0.484 e. The number of hydrogen-bond acceptors (Lipinski definition) is 4. The monoisotopic (exact) mass is 220 g/mol. The van der Waals surface area contributed by atoms with Crippen LogP contribution in [0.3, 0.4) is 0 Å². The van der Waals surface area contributed by atoms with Crippen LogP contribution in [-0.2, 0) is 11.2 Å². The van der Waals surface area contributed by atoms with E-state index in [0.29, 0.717) is 11.5 Å². The van der Waals surface area contributed by atoms with Crippen LogP contribution in [0.4, 0.5) is 0 Å². The molecule has 0 bridgehead atoms. The first-order chi connectivity index (χ1) is 7.70. The zero-order chi connectivity index (χ0) is 11.5. The average molecular weight is 220 g/mol. The van der Waals surface area contributed by atoms with E-state index in [0.717, 1.165) is 24.0 Å². The van der Waals surface area contributed by atoms with E-state index in [1.807, 2.05) is 12.1 Å². The van der Waals surface area contributed by atoms with Crippen molar-refractivity contribution in [3.05, 3.63) is 29.3 Å². The summed E-state index contributed by atoms with van der Waals surface area (Å²) in [4.78, 5) is 10.5. The van der Waals surface area contributed by atoms with E-state index in [-0.39, 0.29) is 6.61 Å². The Morgan fingerprint density at radius 1 is 1.50 bits per heavy atom. The van der Waals surface area contributed by atoms with E-state index >= 15 is 0 Å². The van der Waals surface area contributed by atoms with E-state index in [2.05, 4.69) is 5.16 Å². The topological polar surface area (TPSA) is 84.9 Å². The first-order valence-corrected chi connectivity index (χ1v) is 4.96. The summed E-state index contributed by atoms with van der Waals surface area (Å²) in [5.74, 6) is 0.106. The predicted molar refractivity (Wildman–Crippen MR) is 57.8 cm³/mol. The maximum atomic E-state index is 10.5. The number of nitrogens with two attached hydrogens (primary N) is 1. The van der Waals surface area contributed by atoms with Crippen molar-refractivity contribution in [1.29, 1.82) is 0 Å². The Balaban J connectivity index is 2.18. The molecule has 1 amide bonds. The van der Waals surface area contributed by atoms with Crippen LogP contribution in [0, 0.1) is 0 Å². The number of benzene rings is 1. The van der Waals surface area contributed by atoms with Gasteiger partial charge < -0.3 is 15.7 Å². The number of carbonyl (C=O) groups excluding carboxylic acids is 1. The third-order valence-corrected chi connectivity index (χ3v) is 2.52. The molecule has 0 heterocycles. The number of rotatable bonds is 3. The van der Waals surface area contributed by atoms with Crippen LogP contribution < -0.4 is 10.5 Å². The number of ether oxygens (including phenoxy) is 1. The smallest absolute Gasteiger partial charge is 0.255 e. The standard InChI is InChI=1S/C11H12N2O3/c12-11(14)6-16-8-2-3-9-7(5-8)1-4-10(9)13-15/h2-3,5,15H,1,4,6H2,(H2,12,14)/b13-10+. The fourth-order valence-corrected chi connectivity index (χ4v) is 1.79. The average Bonchev–Trinajstić information content (AvgIpc) is 2.68. The van der Waals surface area contributed by atoms with E-state index in [9.17, 15) is 4.79 Å². The fraction of sp³-hybridized carbons (Fsp3) is 0.273. The summed E-state index contributed by atoms with van der Waals surface area (Å²) in [6.07, 6.45) is 1.55. The van der Waals surface area contributed by atoms with Gasteiger partial charge >= 0.3 is 0 Å². The predicted octanol–water partition coefficient (Wildman–Crippen LogP) is 0.675. The van der Waals surface area contributed by atoms with Crippen LogP contribution >= 0.6 is 0 Å². The largest absolute Gasteiger partial charge is 0.484 e. The number of fused-ring (bicyclic) bond motifs is 1. The Morgan fingerprint density at radius 3 is 3.00 bits per heavy atom. The second-order valence-corrected chi connectivity index (χ2v) is 3.62. The molecule has 0 saturated carbocycles. The highest BCUT2D eigenvalue weighted by atomic mass is 16.5. The lowest BCUT2D eigenvalue weighted by Crippen LogP contribution is -2.20. The van der Waals surface area contributed by atoms with E-state index in [4.69, 9.17) is 15.7 Å². The summed E-state index contributed by atoms with van der Waals surface area (Å²) in [6, 6.07) is 5.41. The quantitative estimate of drug-likeness (QED) is 0.580. The number of hydrogen-bond donors (Lipinski definition) is 2. The summed E-state index contributed by atoms with van der Waals surface area (Å²) in [5, 5.41) is 12.0. The zero-order valence-electron chi connectivity index (χ0n) is 8.64. The number of amides is 1. The minimum atomic E-state index is -0.502. The molecule has 0 unspecified atom stereocenters. The molecule has 5 nitrogen and oxygen atoms in total. The summed E-state index contributed by atoms with van der Waals surface area (Å²) in [7, 11) is 0. The van der Waals surface area contributed by atoms with Crippen LogP contribution in [0.5, 0.6) is 5.75 Å². The number of primary amides is 1. The molecule has 1 aromatic carbocycles. The van der Waals surface area contributed by atoms with Crippen molar-refractivity contribution in [3.63, 3.8) is 0 Å². The number of aryl methyl sites for hydroxylation is 1. The van der Waals surface area contributed by atoms with Gasteiger partial charge in [-0.1, -0.05) is 5.16 Å². The Hall–Kier alpha value is -2.04. The molecule has 0 spiro atoms. The molecule has 0 aromatic heterocycles. The van der Waals surface area contributed by atoms with Crippen molar-refractivity contribution in [2.45, 2.75) is 12.8 Å². The maximum absolute atomic E-state index is 10.5. The Morgan fingerprint density at radius 2 is 2.31 bits per heavy atom. The van der Waals surface area contributed by atoms with E-state index in [1.165, 1.54) is 0 Å². The zero-order valence-corrected chi connectivity index (χ0v) is 8.64. The molecule has 1 aliphatic rings. The molecule has 1 aromatic rings. The first kappa shape index (κ1) is 10.5. The molecule has 0 atom stereocenters. The van der Waals surface area contributed by atoms with Crippen LogP contribution in [0.25, 0.3) is 0 Å². The molecule has 0 fully saturated rings. The Kier molecular flexibility index (Phi) is 2.76. The van der Waals surface area contributed by atoms with E-state index < -0.39 is 5.91 Å². The van der Waals surface area contributed by atoms with Crippen molar-refractivity contribution in [3.8, 4) is 5.75 Å². The number of nitrogens with zero attached hydrogens (tertiary/aromatic N) is 1. The van der Waals surface area contributed by atoms with Gasteiger partial charge in [0.25, 0.3) is 5.91 Å². The summed E-state index contributed by atoms with van der Waals surface area (Å²) >= 11 is 0. The molecule has 84 valence electrons. The van der Waals surface area contributed by atoms with Gasteiger partial charge in [0, 0.05) is 5.56 Å². The summed E-state index contributed by atoms with van der Waals surface area (Å²) in [6.45, 7) is -0.125. The molecular weight excluding hydrogens is 208 g/mol. The second kappa shape index (κ2) is 4.22. The molecule has 1 aliphatic carbocycles. The lowest BCUT2D eigenvalue weighted by molar-refractivity contribution is -0.119. The van der Waals surface area contributed by atoms with Crippen LogP contribution in [-0.4, -0.2) is 23.4 Å². The van der Waals surface area contributed by atoms with Crippen molar-refractivity contribution in [2.24, 2.45) is 10.9 Å². The van der Waals surface area contributed by atoms with Gasteiger partial charge in [0.05, 0.1) is 5.71 Å². The molecule has 2 rings (SSSR count). The van der Waals surface area contributed by atoms with Crippen LogP contribution in [0.15, 0.2) is 23.4 Å². The molecular formula is C11H12N2O3. The normalized spacial score (nSPS) is 16.1. The molecule has 0 radical (unpaired) electrons. The van der Waals surface area contributed by atoms with Gasteiger partial charge in [-0.2, -0.15) is 0 Å². The lowest BCUT2D eigenvalue weighted by Gasteiger charge is -2.05. The molecule has 0 saturated heterocycles. The second-order valence-electron chi connectivity index (χ2n) is 3.62. The third-order valence-electron chi connectivity index (χ3n) is 2.52. The Bertz CT molecular complexity index is 455. The fourth-order valence-electron chi connectivity index (χ4n) is 1.79. The van der Waals surface area contributed by atoms with Gasteiger partial charge in [-0.3, -0.25) is 4.79 Å². The van der Waals surface area contributed by atoms with Gasteiger partial charge in [-0.25, -0.2) is 0 Å². The molecule has 3 N–H and O–H groups in total. The number of oxime groups is 1. The van der Waals surface area contributed by atoms with Crippen molar-refractivity contribution >= 4 is 11.6 Å². The molecule has 16 heavy (non-hydrogen) atoms. The van der Waals surface area contributed by atoms with Crippen molar-refractivity contribution in [2.75, 3.05) is 6.61 Å². The van der Waals surface area contributed by atoms with Crippen LogP contribution in [0.2, 0.25) is 0 Å². The molecule has 5 heteroatoms. The maximum Gasteiger partial charge on any atom is 0.255 e. The van der Waals surface area contributed by atoms with Crippen molar-refractivity contribution in [1.82, 2.24) is 0 Å². The van der Waals surface area contributed by atoms with Gasteiger partial charge in [0.1, 0.15) is 5.75 Å². The highest BCUT2D eigenvalue weighted by Crippen LogP contribution is 2.26. The number of carbonyl (C=O) groups is 1. The molecule has 0 aliphatic heterocycles. The van der Waals surface area contributed by atoms with Gasteiger partial charge in [-0.15, -0.1) is 0 Å². The van der Waals surface area contributed by atoms with Gasteiger partial charge in [0.2, 0.25) is 0 Å². The highest BCUT2D eigenvalue weighted by molar-refractivity contribution is 6.04. The van der Waals surface area contributed by atoms with Crippen LogP contribution in [0.1, 0.15) is 17.5 Å². The SMILES string of the molecule is NC(=O)COc1ccc2c(c1)CC/C2=N\O. The van der Waals surface area contributed by atoms with Gasteiger partial charge in [-0.05, 0) is 36.6 Å². The Labute approximate surface area is 92.5 Å².